The molecule has 37 valence electrons. The second-order valence-electron chi connectivity index (χ2n) is 1.09. The highest BCUT2D eigenvalue weighted by Crippen LogP contribution is 1.94. The van der Waals surface area contributed by atoms with Gasteiger partial charge in [-0.1, -0.05) is 6.08 Å². The van der Waals surface area contributed by atoms with E-state index in [1.54, 1.807) is 6.07 Å². The van der Waals surface area contributed by atoms with E-state index in [0.717, 1.165) is 0 Å². The highest BCUT2D eigenvalue weighted by Gasteiger charge is 1.87. The number of hydrogen-bond acceptors (Lipinski definition) is 2. The van der Waals surface area contributed by atoms with Crippen LogP contribution in [0, 0.1) is 22.7 Å². The average Bonchev–Trinajstić information content (AvgIpc) is 1.83. The quantitative estimate of drug-likeness (QED) is 0.374. The molecule has 0 aromatic heterocycles. The van der Waals surface area contributed by atoms with Gasteiger partial charge in [0.25, 0.3) is 0 Å². The van der Waals surface area contributed by atoms with Crippen molar-refractivity contribution < 1.29 is 0 Å². The summed E-state index contributed by atoms with van der Waals surface area (Å²) in [4.78, 5) is 0. The summed E-state index contributed by atoms with van der Waals surface area (Å²) in [6.07, 6.45) is 2.73. The highest BCUT2D eigenvalue weighted by atomic mass is 28.1. The Bertz CT molecular complexity index is 160. The van der Waals surface area contributed by atoms with Crippen molar-refractivity contribution in [1.82, 2.24) is 0 Å². The Morgan fingerprint density at radius 3 is 2.50 bits per heavy atom. The fraction of sp³-hybridized carbons (Fsp3) is 0.200. The molecule has 0 bridgehead atoms. The van der Waals surface area contributed by atoms with Crippen LogP contribution in [-0.2, 0) is 0 Å². The average molecular weight is 119 g/mol. The fourth-order valence-corrected chi connectivity index (χ4v) is 0.279. The molecular formula is C5H3N2Si. The monoisotopic (exact) mass is 119 g/mol. The van der Waals surface area contributed by atoms with Crippen LogP contribution in [0.25, 0.3) is 0 Å². The van der Waals surface area contributed by atoms with Crippen LogP contribution in [0.5, 0.6) is 0 Å². The molecule has 3 heteroatoms. The highest BCUT2D eigenvalue weighted by molar-refractivity contribution is 6.14. The lowest BCUT2D eigenvalue weighted by atomic mass is 10.4. The third-order valence-electron chi connectivity index (χ3n) is 0.502. The molecule has 0 rings (SSSR count). The molecular weight excluding hydrogens is 116 g/mol. The minimum absolute atomic E-state index is 0.338. The molecule has 0 N–H and O–H groups in total. The van der Waals surface area contributed by atoms with Crippen molar-refractivity contribution >= 4 is 10.2 Å². The van der Waals surface area contributed by atoms with Gasteiger partial charge in [-0.2, -0.15) is 10.5 Å². The van der Waals surface area contributed by atoms with E-state index in [1.807, 2.05) is 6.07 Å². The third kappa shape index (κ3) is 3.14. The standard InChI is InChI=1S/C5H3N2Si/c6-3-1-2-5(8)4-7/h1-2,5H. The maximum Gasteiger partial charge on any atom is 0.0909 e. The number of rotatable bonds is 1. The molecule has 2 nitrogen and oxygen atoms in total. The van der Waals surface area contributed by atoms with Gasteiger partial charge in [0.05, 0.1) is 27.9 Å². The predicted octanol–water partition coefficient (Wildman–Crippen LogP) is 0.547. The van der Waals surface area contributed by atoms with Crippen molar-refractivity contribution in [1.29, 1.82) is 10.5 Å². The predicted molar refractivity (Wildman–Crippen MR) is 29.9 cm³/mol. The van der Waals surface area contributed by atoms with Crippen molar-refractivity contribution in [3.8, 4) is 12.1 Å². The Balaban J connectivity index is 3.61. The Kier molecular flexibility index (Phi) is 3.56. The van der Waals surface area contributed by atoms with Crippen LogP contribution in [0.1, 0.15) is 0 Å². The maximum absolute atomic E-state index is 8.10. The topological polar surface area (TPSA) is 47.6 Å². The summed E-state index contributed by atoms with van der Waals surface area (Å²) in [6.45, 7) is 0. The van der Waals surface area contributed by atoms with Gasteiger partial charge in [-0.3, -0.25) is 0 Å². The van der Waals surface area contributed by atoms with E-state index < -0.39 is 0 Å². The molecule has 3 radical (unpaired) electrons. The van der Waals surface area contributed by atoms with Crippen LogP contribution in [0.3, 0.4) is 0 Å². The summed E-state index contributed by atoms with van der Waals surface area (Å²) in [6, 6.07) is 3.65. The number of nitrogens with zero attached hydrogens (tertiary/aromatic N) is 2. The minimum atomic E-state index is -0.338. The van der Waals surface area contributed by atoms with Crippen LogP contribution in [0.2, 0.25) is 5.54 Å². The molecule has 0 spiro atoms. The van der Waals surface area contributed by atoms with Crippen LogP contribution in [0.4, 0.5) is 0 Å². The zero-order valence-corrected chi connectivity index (χ0v) is 5.13. The van der Waals surface area contributed by atoms with Gasteiger partial charge in [-0.25, -0.2) is 0 Å². The van der Waals surface area contributed by atoms with Crippen LogP contribution < -0.4 is 0 Å². The summed E-state index contributed by atoms with van der Waals surface area (Å²) < 4.78 is 0. The molecule has 0 heterocycles. The first-order valence-corrected chi connectivity index (χ1v) is 2.56. The van der Waals surface area contributed by atoms with Crippen molar-refractivity contribution in [2.24, 2.45) is 0 Å². The molecule has 0 amide bonds. The second-order valence-corrected chi connectivity index (χ2v) is 1.72. The van der Waals surface area contributed by atoms with E-state index in [9.17, 15) is 0 Å². The van der Waals surface area contributed by atoms with E-state index >= 15 is 0 Å². The molecule has 0 saturated heterocycles. The molecule has 0 aliphatic rings. The molecule has 0 aromatic carbocycles. The molecule has 1 atom stereocenters. The number of hydrogen-bond donors (Lipinski definition) is 0. The summed E-state index contributed by atoms with van der Waals surface area (Å²) in [5.41, 5.74) is -0.338. The molecule has 0 aliphatic carbocycles. The van der Waals surface area contributed by atoms with Crippen molar-refractivity contribution in [2.45, 2.75) is 5.54 Å². The molecule has 0 saturated carbocycles. The molecule has 0 fully saturated rings. The summed E-state index contributed by atoms with van der Waals surface area (Å²) in [7, 11) is 3.02. The van der Waals surface area contributed by atoms with E-state index in [4.69, 9.17) is 10.5 Å². The minimum Gasteiger partial charge on any atom is -0.198 e. The molecule has 1 unspecified atom stereocenters. The Morgan fingerprint density at radius 2 is 2.12 bits per heavy atom. The smallest absolute Gasteiger partial charge is 0.0909 e. The lowest BCUT2D eigenvalue weighted by molar-refractivity contribution is 1.34. The maximum atomic E-state index is 8.10. The third-order valence-corrected chi connectivity index (χ3v) is 0.824. The van der Waals surface area contributed by atoms with Crippen LogP contribution in [-0.4, -0.2) is 10.2 Å². The number of allylic oxidation sites excluding steroid dienone is 2. The molecule has 8 heavy (non-hydrogen) atoms. The van der Waals surface area contributed by atoms with E-state index in [1.165, 1.54) is 12.2 Å². The van der Waals surface area contributed by atoms with Crippen LogP contribution >= 0.6 is 0 Å². The SMILES string of the molecule is N#CC=CC([Si])C#N. The van der Waals surface area contributed by atoms with E-state index in [-0.39, 0.29) is 5.54 Å². The normalized spacial score (nSPS) is 12.4. The summed E-state index contributed by atoms with van der Waals surface area (Å²) in [5.74, 6) is 0. The van der Waals surface area contributed by atoms with Crippen molar-refractivity contribution in [3.63, 3.8) is 0 Å². The molecule has 0 aliphatic heterocycles. The van der Waals surface area contributed by atoms with E-state index in [2.05, 4.69) is 10.2 Å². The second kappa shape index (κ2) is 4.11. The van der Waals surface area contributed by atoms with E-state index in [0.29, 0.717) is 0 Å². The number of nitriles is 2. The summed E-state index contributed by atoms with van der Waals surface area (Å²) >= 11 is 0. The van der Waals surface area contributed by atoms with Gasteiger partial charge in [-0.15, -0.1) is 0 Å². The van der Waals surface area contributed by atoms with Gasteiger partial charge in [0.15, 0.2) is 0 Å². The zero-order chi connectivity index (χ0) is 6.41. The lowest BCUT2D eigenvalue weighted by Crippen LogP contribution is -1.78. The lowest BCUT2D eigenvalue weighted by Gasteiger charge is -1.82. The van der Waals surface area contributed by atoms with Gasteiger partial charge in [0.1, 0.15) is 0 Å². The summed E-state index contributed by atoms with van der Waals surface area (Å²) in [5, 5.41) is 16.0. The Morgan fingerprint density at radius 1 is 1.50 bits per heavy atom. The Hall–Kier alpha value is -1.06. The largest absolute Gasteiger partial charge is 0.198 e. The van der Waals surface area contributed by atoms with Gasteiger partial charge in [0.2, 0.25) is 0 Å². The van der Waals surface area contributed by atoms with Crippen molar-refractivity contribution in [3.05, 3.63) is 12.2 Å². The fourth-order valence-electron chi connectivity index (χ4n) is 0.182. The first kappa shape index (κ1) is 6.94. The first-order valence-electron chi connectivity index (χ1n) is 1.98. The first-order chi connectivity index (χ1) is 3.81. The Labute approximate surface area is 51.5 Å². The van der Waals surface area contributed by atoms with Crippen LogP contribution in [0.15, 0.2) is 12.2 Å². The molecule has 0 aromatic rings. The van der Waals surface area contributed by atoms with Gasteiger partial charge >= 0.3 is 0 Å². The van der Waals surface area contributed by atoms with Crippen molar-refractivity contribution in [2.75, 3.05) is 0 Å². The van der Waals surface area contributed by atoms with Gasteiger partial charge < -0.3 is 0 Å². The van der Waals surface area contributed by atoms with Gasteiger partial charge in [-0.05, 0) is 0 Å². The zero-order valence-electron chi connectivity index (χ0n) is 4.13. The van der Waals surface area contributed by atoms with Gasteiger partial charge in [0, 0.05) is 6.08 Å².